The van der Waals surface area contributed by atoms with Crippen LogP contribution in [0, 0.1) is 17.8 Å². The number of carbonyl (C=O) groups excluding carboxylic acids is 1. The van der Waals surface area contributed by atoms with E-state index in [9.17, 15) is 4.79 Å². The van der Waals surface area contributed by atoms with Crippen molar-refractivity contribution in [1.82, 2.24) is 16.2 Å². The summed E-state index contributed by atoms with van der Waals surface area (Å²) in [5.74, 6) is 4.01. The molecule has 150 valence electrons. The number of rotatable bonds is 4. The highest BCUT2D eigenvalue weighted by Crippen LogP contribution is 2.55. The summed E-state index contributed by atoms with van der Waals surface area (Å²) >= 11 is 5.47. The molecular formula is C21H27N3O3S. The minimum Gasteiger partial charge on any atom is -0.454 e. The highest BCUT2D eigenvalue weighted by Gasteiger charge is 2.51. The van der Waals surface area contributed by atoms with E-state index in [4.69, 9.17) is 21.7 Å². The van der Waals surface area contributed by atoms with Crippen LogP contribution in [-0.2, 0) is 11.2 Å². The molecular weight excluding hydrogens is 374 g/mol. The normalized spacial score (nSPS) is 31.5. The molecule has 4 saturated carbocycles. The maximum absolute atomic E-state index is 12.2. The number of aryl methyl sites for hydroxylation is 1. The van der Waals surface area contributed by atoms with Crippen molar-refractivity contribution in [2.45, 2.75) is 56.9 Å². The van der Waals surface area contributed by atoms with Gasteiger partial charge in [0.25, 0.3) is 0 Å². The van der Waals surface area contributed by atoms with Crippen molar-refractivity contribution in [1.29, 1.82) is 0 Å². The summed E-state index contributed by atoms with van der Waals surface area (Å²) in [6, 6.07) is 5.79. The van der Waals surface area contributed by atoms with Gasteiger partial charge in [-0.2, -0.15) is 0 Å². The van der Waals surface area contributed by atoms with Crippen LogP contribution in [-0.4, -0.2) is 23.4 Å². The minimum atomic E-state index is -0.0765. The summed E-state index contributed by atoms with van der Waals surface area (Å²) in [5.41, 5.74) is 6.85. The van der Waals surface area contributed by atoms with E-state index < -0.39 is 0 Å². The van der Waals surface area contributed by atoms with Gasteiger partial charge in [-0.05, 0) is 92.6 Å². The third-order valence-electron chi connectivity index (χ3n) is 6.81. The molecule has 0 saturated heterocycles. The lowest BCUT2D eigenvalue weighted by molar-refractivity contribution is -0.121. The Morgan fingerprint density at radius 1 is 1.04 bits per heavy atom. The first-order valence-electron chi connectivity index (χ1n) is 10.3. The van der Waals surface area contributed by atoms with Gasteiger partial charge in [0.05, 0.1) is 0 Å². The lowest BCUT2D eigenvalue weighted by atomic mass is 9.53. The predicted octanol–water partition coefficient (Wildman–Crippen LogP) is 2.81. The van der Waals surface area contributed by atoms with Gasteiger partial charge in [-0.3, -0.25) is 15.6 Å². The predicted molar refractivity (Wildman–Crippen MR) is 109 cm³/mol. The Labute approximate surface area is 170 Å². The van der Waals surface area contributed by atoms with Crippen LogP contribution < -0.4 is 25.6 Å². The van der Waals surface area contributed by atoms with Gasteiger partial charge in [-0.25, -0.2) is 0 Å². The summed E-state index contributed by atoms with van der Waals surface area (Å²) in [6.07, 6.45) is 8.88. The molecule has 28 heavy (non-hydrogen) atoms. The van der Waals surface area contributed by atoms with Crippen molar-refractivity contribution in [3.63, 3.8) is 0 Å². The molecule has 6 nitrogen and oxygen atoms in total. The molecule has 4 fully saturated rings. The molecule has 1 aliphatic heterocycles. The molecule has 0 spiro atoms. The van der Waals surface area contributed by atoms with Crippen LogP contribution in [0.15, 0.2) is 18.2 Å². The second-order valence-corrected chi connectivity index (χ2v) is 9.42. The molecule has 4 bridgehead atoms. The van der Waals surface area contributed by atoms with Crippen LogP contribution in [0.5, 0.6) is 11.5 Å². The Bertz CT molecular complexity index is 762. The van der Waals surface area contributed by atoms with E-state index >= 15 is 0 Å². The van der Waals surface area contributed by atoms with Gasteiger partial charge in [0, 0.05) is 12.0 Å². The lowest BCUT2D eigenvalue weighted by Crippen LogP contribution is -2.62. The Morgan fingerprint density at radius 3 is 2.43 bits per heavy atom. The van der Waals surface area contributed by atoms with Crippen LogP contribution in [0.4, 0.5) is 0 Å². The zero-order chi connectivity index (χ0) is 19.1. The van der Waals surface area contributed by atoms with Crippen LogP contribution in [0.2, 0.25) is 0 Å². The fraction of sp³-hybridized carbons (Fsp3) is 0.619. The highest BCUT2D eigenvalue weighted by molar-refractivity contribution is 7.80. The van der Waals surface area contributed by atoms with E-state index in [1.165, 1.54) is 38.5 Å². The monoisotopic (exact) mass is 401 g/mol. The third kappa shape index (κ3) is 3.64. The Morgan fingerprint density at radius 2 is 1.71 bits per heavy atom. The second kappa shape index (κ2) is 7.10. The maximum Gasteiger partial charge on any atom is 0.238 e. The highest BCUT2D eigenvalue weighted by atomic mass is 32.1. The van der Waals surface area contributed by atoms with Crippen molar-refractivity contribution < 1.29 is 14.3 Å². The molecule has 4 aliphatic carbocycles. The zero-order valence-corrected chi connectivity index (χ0v) is 16.8. The minimum absolute atomic E-state index is 0.0765. The van der Waals surface area contributed by atoms with Gasteiger partial charge in [0.2, 0.25) is 12.7 Å². The van der Waals surface area contributed by atoms with Crippen LogP contribution >= 0.6 is 12.2 Å². The van der Waals surface area contributed by atoms with E-state index in [0.29, 0.717) is 18.0 Å². The third-order valence-corrected chi connectivity index (χ3v) is 7.01. The first-order chi connectivity index (χ1) is 13.6. The second-order valence-electron chi connectivity index (χ2n) is 9.01. The van der Waals surface area contributed by atoms with Crippen LogP contribution in [0.25, 0.3) is 0 Å². The van der Waals surface area contributed by atoms with Crippen molar-refractivity contribution >= 4 is 23.2 Å². The van der Waals surface area contributed by atoms with Gasteiger partial charge in [-0.15, -0.1) is 0 Å². The molecule has 0 aromatic heterocycles. The van der Waals surface area contributed by atoms with Gasteiger partial charge in [0.15, 0.2) is 16.6 Å². The van der Waals surface area contributed by atoms with Gasteiger partial charge < -0.3 is 14.8 Å². The Kier molecular flexibility index (Phi) is 4.57. The zero-order valence-electron chi connectivity index (χ0n) is 16.0. The molecule has 1 amide bonds. The van der Waals surface area contributed by atoms with Crippen LogP contribution in [0.3, 0.4) is 0 Å². The summed E-state index contributed by atoms with van der Waals surface area (Å²) < 4.78 is 10.7. The molecule has 1 heterocycles. The Hall–Kier alpha value is -2.02. The molecule has 1 aromatic carbocycles. The van der Waals surface area contributed by atoms with Gasteiger partial charge in [-0.1, -0.05) is 6.07 Å². The number of nitrogens with one attached hydrogen (secondary N) is 3. The standard InChI is InChI=1S/C21H27N3O3S/c25-19(4-2-13-1-3-17-18(8-13)27-12-26-17)23-24-20(28)22-21-9-14-5-15(10-21)7-16(6-14)11-21/h1,3,8,14-16H,2,4-7,9-12H2,(H,23,25)(H2,22,24,28). The average Bonchev–Trinajstić information content (AvgIpc) is 3.11. The summed E-state index contributed by atoms with van der Waals surface area (Å²) in [7, 11) is 0. The van der Waals surface area contributed by atoms with Crippen molar-refractivity contribution in [2.24, 2.45) is 17.8 Å². The SMILES string of the molecule is O=C(CCc1ccc2c(c1)OCO2)NNC(=S)NC12CC3CC(CC(C3)C1)C2. The largest absolute Gasteiger partial charge is 0.454 e. The summed E-state index contributed by atoms with van der Waals surface area (Å²) in [6.45, 7) is 0.261. The van der Waals surface area contributed by atoms with E-state index in [0.717, 1.165) is 34.8 Å². The first-order valence-corrected chi connectivity index (χ1v) is 10.7. The number of thiocarbonyl (C=S) groups is 1. The van der Waals surface area contributed by atoms with Gasteiger partial charge >= 0.3 is 0 Å². The number of hydrogen-bond donors (Lipinski definition) is 3. The number of hydrazine groups is 1. The van der Waals surface area contributed by atoms with Crippen molar-refractivity contribution in [3.8, 4) is 11.5 Å². The molecule has 5 aliphatic rings. The van der Waals surface area contributed by atoms with Crippen molar-refractivity contribution in [3.05, 3.63) is 23.8 Å². The number of hydrogen-bond acceptors (Lipinski definition) is 4. The van der Waals surface area contributed by atoms with E-state index in [2.05, 4.69) is 16.2 Å². The fourth-order valence-corrected chi connectivity index (χ4v) is 6.35. The molecule has 1 aromatic rings. The number of ether oxygens (including phenoxy) is 2. The molecule has 0 radical (unpaired) electrons. The molecule has 0 atom stereocenters. The smallest absolute Gasteiger partial charge is 0.238 e. The van der Waals surface area contributed by atoms with Gasteiger partial charge in [0.1, 0.15) is 0 Å². The lowest BCUT2D eigenvalue weighted by Gasteiger charge is -2.57. The van der Waals surface area contributed by atoms with Crippen LogP contribution in [0.1, 0.15) is 50.5 Å². The number of benzene rings is 1. The summed E-state index contributed by atoms with van der Waals surface area (Å²) in [5, 5.41) is 4.10. The van der Waals surface area contributed by atoms with E-state index in [1.807, 2.05) is 18.2 Å². The average molecular weight is 402 g/mol. The molecule has 0 unspecified atom stereocenters. The van der Waals surface area contributed by atoms with E-state index in [-0.39, 0.29) is 18.2 Å². The fourth-order valence-electron chi connectivity index (χ4n) is 6.08. The molecule has 6 rings (SSSR count). The first kappa shape index (κ1) is 18.0. The maximum atomic E-state index is 12.2. The topological polar surface area (TPSA) is 71.6 Å². The summed E-state index contributed by atoms with van der Waals surface area (Å²) in [4.78, 5) is 12.2. The van der Waals surface area contributed by atoms with E-state index in [1.54, 1.807) is 0 Å². The number of carbonyl (C=O) groups is 1. The Balaban J connectivity index is 1.08. The molecule has 3 N–H and O–H groups in total. The van der Waals surface area contributed by atoms with Crippen molar-refractivity contribution in [2.75, 3.05) is 6.79 Å². The number of fused-ring (bicyclic) bond motifs is 1. The molecule has 7 heteroatoms. The number of amides is 1. The quantitative estimate of drug-likeness (QED) is 0.532.